The van der Waals surface area contributed by atoms with Gasteiger partial charge in [-0.05, 0) is 20.3 Å². The van der Waals surface area contributed by atoms with Gasteiger partial charge in [0.25, 0.3) is 0 Å². The molecule has 2 heterocycles. The van der Waals surface area contributed by atoms with Gasteiger partial charge in [0.05, 0.1) is 24.2 Å². The van der Waals surface area contributed by atoms with E-state index in [1.807, 2.05) is 0 Å². The van der Waals surface area contributed by atoms with Crippen LogP contribution in [0.15, 0.2) is 0 Å². The third-order valence-corrected chi connectivity index (χ3v) is 5.54. The minimum atomic E-state index is -2.81. The SMILES string of the molecule is CC1CN(CCC2CS(=O)(=O)CCN2)C(C)CO1. The minimum absolute atomic E-state index is 0.120. The van der Waals surface area contributed by atoms with Crippen molar-refractivity contribution in [2.45, 2.75) is 38.5 Å². The van der Waals surface area contributed by atoms with Crippen LogP contribution in [0.3, 0.4) is 0 Å². The zero-order valence-electron chi connectivity index (χ0n) is 11.3. The molecule has 0 aromatic rings. The summed E-state index contributed by atoms with van der Waals surface area (Å²) in [6, 6.07) is 0.551. The van der Waals surface area contributed by atoms with Crippen LogP contribution in [0, 0.1) is 0 Å². The summed E-state index contributed by atoms with van der Waals surface area (Å²) >= 11 is 0. The minimum Gasteiger partial charge on any atom is -0.376 e. The summed E-state index contributed by atoms with van der Waals surface area (Å²) in [4.78, 5) is 2.40. The number of nitrogens with zero attached hydrogens (tertiary/aromatic N) is 1. The van der Waals surface area contributed by atoms with E-state index in [4.69, 9.17) is 4.74 Å². The Morgan fingerprint density at radius 1 is 1.39 bits per heavy atom. The second-order valence-corrected chi connectivity index (χ2v) is 7.77. The van der Waals surface area contributed by atoms with Gasteiger partial charge in [-0.1, -0.05) is 0 Å². The number of sulfone groups is 1. The van der Waals surface area contributed by atoms with E-state index in [2.05, 4.69) is 24.1 Å². The van der Waals surface area contributed by atoms with Crippen LogP contribution >= 0.6 is 0 Å². The first-order valence-corrected chi connectivity index (χ1v) is 8.58. The molecule has 0 spiro atoms. The highest BCUT2D eigenvalue weighted by molar-refractivity contribution is 7.91. The van der Waals surface area contributed by atoms with E-state index in [0.717, 1.165) is 26.1 Å². The molecular weight excluding hydrogens is 252 g/mol. The van der Waals surface area contributed by atoms with Gasteiger partial charge in [0.1, 0.15) is 0 Å². The van der Waals surface area contributed by atoms with Gasteiger partial charge in [-0.15, -0.1) is 0 Å². The monoisotopic (exact) mass is 276 g/mol. The fourth-order valence-corrected chi connectivity index (χ4v) is 4.15. The van der Waals surface area contributed by atoms with Crippen LogP contribution in [-0.2, 0) is 14.6 Å². The van der Waals surface area contributed by atoms with Crippen molar-refractivity contribution < 1.29 is 13.2 Å². The maximum atomic E-state index is 11.6. The first-order chi connectivity index (χ1) is 8.46. The second kappa shape index (κ2) is 5.86. The molecule has 18 heavy (non-hydrogen) atoms. The smallest absolute Gasteiger partial charge is 0.153 e. The highest BCUT2D eigenvalue weighted by atomic mass is 32.2. The van der Waals surface area contributed by atoms with Crippen molar-refractivity contribution in [3.8, 4) is 0 Å². The highest BCUT2D eigenvalue weighted by Crippen LogP contribution is 2.13. The lowest BCUT2D eigenvalue weighted by Crippen LogP contribution is -2.50. The van der Waals surface area contributed by atoms with Crippen molar-refractivity contribution in [1.29, 1.82) is 0 Å². The molecule has 0 aromatic carbocycles. The number of hydrogen-bond donors (Lipinski definition) is 1. The number of nitrogens with one attached hydrogen (secondary N) is 1. The normalized spacial score (nSPS) is 37.6. The van der Waals surface area contributed by atoms with Crippen molar-refractivity contribution in [3.05, 3.63) is 0 Å². The first-order valence-electron chi connectivity index (χ1n) is 6.76. The Kier molecular flexibility index (Phi) is 4.64. The van der Waals surface area contributed by atoms with Crippen molar-refractivity contribution in [1.82, 2.24) is 10.2 Å². The van der Waals surface area contributed by atoms with Crippen LogP contribution < -0.4 is 5.32 Å². The molecule has 3 unspecified atom stereocenters. The lowest BCUT2D eigenvalue weighted by Gasteiger charge is -2.37. The average molecular weight is 276 g/mol. The molecule has 2 saturated heterocycles. The van der Waals surface area contributed by atoms with Crippen molar-refractivity contribution in [2.75, 3.05) is 37.7 Å². The second-order valence-electron chi connectivity index (χ2n) is 5.54. The molecule has 0 bridgehead atoms. The summed E-state index contributed by atoms with van der Waals surface area (Å²) in [6.07, 6.45) is 1.18. The van der Waals surface area contributed by atoms with Crippen LogP contribution in [0.1, 0.15) is 20.3 Å². The lowest BCUT2D eigenvalue weighted by atomic mass is 10.1. The molecule has 0 aliphatic carbocycles. The van der Waals surface area contributed by atoms with E-state index < -0.39 is 9.84 Å². The van der Waals surface area contributed by atoms with Crippen LogP contribution in [-0.4, -0.2) is 69.3 Å². The molecule has 0 aromatic heterocycles. The summed E-state index contributed by atoms with van der Waals surface area (Å²) in [7, 11) is -2.81. The standard InChI is InChI=1S/C12H24N2O3S/c1-10-8-17-11(2)7-14(10)5-3-12-9-18(15,16)6-4-13-12/h10-13H,3-9H2,1-2H3. The van der Waals surface area contributed by atoms with Crippen LogP contribution in [0.2, 0.25) is 0 Å². The molecule has 0 amide bonds. The molecule has 5 nitrogen and oxygen atoms in total. The molecule has 1 N–H and O–H groups in total. The van der Waals surface area contributed by atoms with Gasteiger partial charge in [-0.2, -0.15) is 0 Å². The van der Waals surface area contributed by atoms with Gasteiger partial charge < -0.3 is 10.1 Å². The van der Waals surface area contributed by atoms with Gasteiger partial charge in [-0.3, -0.25) is 4.90 Å². The number of hydrogen-bond acceptors (Lipinski definition) is 5. The van der Waals surface area contributed by atoms with Crippen molar-refractivity contribution in [2.24, 2.45) is 0 Å². The molecule has 2 fully saturated rings. The Bertz CT molecular complexity index is 372. The Morgan fingerprint density at radius 2 is 2.17 bits per heavy atom. The van der Waals surface area contributed by atoms with Gasteiger partial charge in [0.15, 0.2) is 9.84 Å². The topological polar surface area (TPSA) is 58.6 Å². The average Bonchev–Trinajstić information content (AvgIpc) is 2.29. The summed E-state index contributed by atoms with van der Waals surface area (Å²) in [5.41, 5.74) is 0. The molecule has 3 atom stereocenters. The van der Waals surface area contributed by atoms with Gasteiger partial charge in [0, 0.05) is 31.7 Å². The zero-order chi connectivity index (χ0) is 13.2. The van der Waals surface area contributed by atoms with E-state index in [1.165, 1.54) is 0 Å². The molecule has 2 rings (SSSR count). The van der Waals surface area contributed by atoms with Gasteiger partial charge in [-0.25, -0.2) is 8.42 Å². The summed E-state index contributed by atoms with van der Waals surface area (Å²) in [6.45, 7) is 7.52. The molecular formula is C12H24N2O3S. The fourth-order valence-electron chi connectivity index (χ4n) is 2.66. The van der Waals surface area contributed by atoms with Gasteiger partial charge in [0.2, 0.25) is 0 Å². The number of morpholine rings is 1. The summed E-state index contributed by atoms with van der Waals surface area (Å²) < 4.78 is 28.7. The van der Waals surface area contributed by atoms with E-state index in [0.29, 0.717) is 18.3 Å². The number of rotatable bonds is 3. The molecule has 0 radical (unpaired) electrons. The van der Waals surface area contributed by atoms with Crippen LogP contribution in [0.5, 0.6) is 0 Å². The predicted molar refractivity (Wildman–Crippen MR) is 71.5 cm³/mol. The van der Waals surface area contributed by atoms with E-state index in [9.17, 15) is 8.42 Å². The zero-order valence-corrected chi connectivity index (χ0v) is 12.1. The molecule has 106 valence electrons. The third-order valence-electron chi connectivity index (χ3n) is 3.80. The Morgan fingerprint density at radius 3 is 2.89 bits per heavy atom. The third kappa shape index (κ3) is 3.91. The van der Waals surface area contributed by atoms with E-state index in [-0.39, 0.29) is 17.9 Å². The lowest BCUT2D eigenvalue weighted by molar-refractivity contribution is -0.0500. The molecule has 6 heteroatoms. The summed E-state index contributed by atoms with van der Waals surface area (Å²) in [5, 5.41) is 3.30. The quantitative estimate of drug-likeness (QED) is 0.778. The maximum absolute atomic E-state index is 11.6. The maximum Gasteiger partial charge on any atom is 0.153 e. The Labute approximate surface area is 110 Å². The van der Waals surface area contributed by atoms with Crippen LogP contribution in [0.25, 0.3) is 0 Å². The van der Waals surface area contributed by atoms with Gasteiger partial charge >= 0.3 is 0 Å². The summed E-state index contributed by atoms with van der Waals surface area (Å²) in [5.74, 6) is 0.579. The number of ether oxygens (including phenoxy) is 1. The Hall–Kier alpha value is -0.170. The van der Waals surface area contributed by atoms with E-state index >= 15 is 0 Å². The fraction of sp³-hybridized carbons (Fsp3) is 1.00. The Balaban J connectivity index is 1.80. The molecule has 2 aliphatic rings. The predicted octanol–water partition coefficient (Wildman–Crippen LogP) is -0.128. The van der Waals surface area contributed by atoms with E-state index in [1.54, 1.807) is 0 Å². The van der Waals surface area contributed by atoms with Crippen molar-refractivity contribution >= 4 is 9.84 Å². The van der Waals surface area contributed by atoms with Crippen LogP contribution in [0.4, 0.5) is 0 Å². The van der Waals surface area contributed by atoms with Crippen molar-refractivity contribution in [3.63, 3.8) is 0 Å². The highest BCUT2D eigenvalue weighted by Gasteiger charge is 2.27. The molecule has 0 saturated carbocycles. The molecule has 2 aliphatic heterocycles. The first kappa shape index (κ1) is 14.2. The largest absolute Gasteiger partial charge is 0.376 e.